The molecule has 3 rings (SSSR count). The number of halogens is 1. The maximum Gasteiger partial charge on any atom is 0.144 e. The minimum atomic E-state index is -0.0746. The maximum atomic E-state index is 9.39. The van der Waals surface area contributed by atoms with Crippen LogP contribution in [0.4, 0.5) is 5.82 Å². The summed E-state index contributed by atoms with van der Waals surface area (Å²) < 4.78 is 1.78. The molecule has 0 amide bonds. The number of aliphatic hydroxyl groups excluding tert-OH is 1. The maximum absolute atomic E-state index is 9.39. The molecule has 0 aliphatic rings. The second-order valence-corrected chi connectivity index (χ2v) is 5.13. The Bertz CT molecular complexity index is 795. The number of fused-ring (bicyclic) bond motifs is 1. The van der Waals surface area contributed by atoms with Crippen LogP contribution in [-0.4, -0.2) is 14.5 Å². The number of nitrogens with zero attached hydrogens (tertiary/aromatic N) is 2. The van der Waals surface area contributed by atoms with Crippen molar-refractivity contribution >= 4 is 23.1 Å². The lowest BCUT2D eigenvalue weighted by Gasteiger charge is -2.04. The van der Waals surface area contributed by atoms with Crippen LogP contribution in [0.2, 0.25) is 5.02 Å². The van der Waals surface area contributed by atoms with E-state index < -0.39 is 0 Å². The number of rotatable bonds is 2. The van der Waals surface area contributed by atoms with Gasteiger partial charge in [0.1, 0.15) is 17.2 Å². The van der Waals surface area contributed by atoms with Gasteiger partial charge in [-0.3, -0.25) is 4.40 Å². The zero-order valence-corrected chi connectivity index (χ0v) is 11.7. The highest BCUT2D eigenvalue weighted by Gasteiger charge is 2.15. The Balaban J connectivity index is 2.32. The van der Waals surface area contributed by atoms with E-state index in [0.29, 0.717) is 22.2 Å². The minimum Gasteiger partial charge on any atom is -0.392 e. The molecule has 0 atom stereocenters. The molecule has 0 aliphatic heterocycles. The third kappa shape index (κ3) is 1.94. The molecule has 20 heavy (non-hydrogen) atoms. The van der Waals surface area contributed by atoms with Crippen LogP contribution < -0.4 is 5.73 Å². The number of hydrogen-bond acceptors (Lipinski definition) is 3. The number of imidazole rings is 1. The average molecular weight is 288 g/mol. The first kappa shape index (κ1) is 13.0. The summed E-state index contributed by atoms with van der Waals surface area (Å²) in [7, 11) is 0. The van der Waals surface area contributed by atoms with Gasteiger partial charge in [-0.15, -0.1) is 0 Å². The van der Waals surface area contributed by atoms with Crippen molar-refractivity contribution in [2.45, 2.75) is 13.5 Å². The fourth-order valence-corrected chi connectivity index (χ4v) is 2.49. The summed E-state index contributed by atoms with van der Waals surface area (Å²) in [6.07, 6.45) is 1.83. The molecular weight excluding hydrogens is 274 g/mol. The van der Waals surface area contributed by atoms with Crippen molar-refractivity contribution < 1.29 is 5.11 Å². The van der Waals surface area contributed by atoms with Crippen molar-refractivity contribution in [1.29, 1.82) is 0 Å². The molecule has 102 valence electrons. The SMILES string of the molecule is Cc1ccc(Cl)cc1-c1nc2c(CO)cccn2c1N. The van der Waals surface area contributed by atoms with Crippen LogP contribution >= 0.6 is 11.6 Å². The monoisotopic (exact) mass is 287 g/mol. The number of hydrogen-bond donors (Lipinski definition) is 2. The number of pyridine rings is 1. The lowest BCUT2D eigenvalue weighted by molar-refractivity contribution is 0.282. The Morgan fingerprint density at radius 3 is 2.90 bits per heavy atom. The number of nitrogens with two attached hydrogens (primary N) is 1. The predicted molar refractivity (Wildman–Crippen MR) is 80.7 cm³/mol. The van der Waals surface area contributed by atoms with Crippen molar-refractivity contribution in [2.24, 2.45) is 0 Å². The number of aliphatic hydroxyl groups is 1. The summed E-state index contributed by atoms with van der Waals surface area (Å²) in [5.41, 5.74) is 10.2. The van der Waals surface area contributed by atoms with E-state index in [-0.39, 0.29) is 6.61 Å². The number of aryl methyl sites for hydroxylation is 1. The fraction of sp³-hybridized carbons (Fsp3) is 0.133. The fourth-order valence-electron chi connectivity index (χ4n) is 2.31. The molecule has 3 aromatic rings. The Kier molecular flexibility index (Phi) is 3.12. The van der Waals surface area contributed by atoms with Crippen LogP contribution in [0.3, 0.4) is 0 Å². The second-order valence-electron chi connectivity index (χ2n) is 4.69. The number of benzene rings is 1. The summed E-state index contributed by atoms with van der Waals surface area (Å²) in [4.78, 5) is 4.57. The normalized spacial score (nSPS) is 11.2. The highest BCUT2D eigenvalue weighted by atomic mass is 35.5. The van der Waals surface area contributed by atoms with E-state index >= 15 is 0 Å². The standard InChI is InChI=1S/C15H14ClN3O/c1-9-4-5-11(16)7-12(9)13-14(17)19-6-2-3-10(8-20)15(19)18-13/h2-7,20H,8,17H2,1H3. The number of aromatic nitrogens is 2. The van der Waals surface area contributed by atoms with Gasteiger partial charge in [0, 0.05) is 22.3 Å². The van der Waals surface area contributed by atoms with Gasteiger partial charge in [0.05, 0.1) is 6.61 Å². The van der Waals surface area contributed by atoms with Crippen molar-refractivity contribution in [1.82, 2.24) is 9.38 Å². The van der Waals surface area contributed by atoms with Gasteiger partial charge in [0.15, 0.2) is 0 Å². The molecule has 0 aliphatic carbocycles. The van der Waals surface area contributed by atoms with Crippen molar-refractivity contribution in [2.75, 3.05) is 5.73 Å². The summed E-state index contributed by atoms with van der Waals surface area (Å²) in [5.74, 6) is 0.542. The summed E-state index contributed by atoms with van der Waals surface area (Å²) in [5, 5.41) is 10.0. The summed E-state index contributed by atoms with van der Waals surface area (Å²) in [6.45, 7) is 1.91. The third-order valence-electron chi connectivity index (χ3n) is 3.39. The van der Waals surface area contributed by atoms with E-state index in [1.165, 1.54) is 0 Å². The number of nitrogen functional groups attached to an aromatic ring is 1. The molecule has 0 radical (unpaired) electrons. The van der Waals surface area contributed by atoms with Gasteiger partial charge in [-0.2, -0.15) is 0 Å². The molecule has 0 saturated heterocycles. The van der Waals surface area contributed by atoms with E-state index in [4.69, 9.17) is 17.3 Å². The van der Waals surface area contributed by atoms with Gasteiger partial charge in [0.25, 0.3) is 0 Å². The lowest BCUT2D eigenvalue weighted by atomic mass is 10.1. The molecule has 4 nitrogen and oxygen atoms in total. The largest absolute Gasteiger partial charge is 0.392 e. The molecule has 0 bridgehead atoms. The van der Waals surface area contributed by atoms with Crippen LogP contribution in [-0.2, 0) is 6.61 Å². The molecule has 1 aromatic carbocycles. The van der Waals surface area contributed by atoms with E-state index in [2.05, 4.69) is 4.98 Å². The molecular formula is C15H14ClN3O. The van der Waals surface area contributed by atoms with E-state index in [1.54, 1.807) is 4.40 Å². The highest BCUT2D eigenvalue weighted by Crippen LogP contribution is 2.31. The first-order valence-electron chi connectivity index (χ1n) is 6.24. The van der Waals surface area contributed by atoms with Crippen molar-refractivity contribution in [3.05, 3.63) is 52.7 Å². The van der Waals surface area contributed by atoms with Crippen LogP contribution in [0.5, 0.6) is 0 Å². The van der Waals surface area contributed by atoms with Gasteiger partial charge < -0.3 is 10.8 Å². The second kappa shape index (κ2) is 4.81. The molecule has 5 heteroatoms. The molecule has 0 unspecified atom stereocenters. The third-order valence-corrected chi connectivity index (χ3v) is 3.63. The molecule has 0 saturated carbocycles. The Labute approximate surface area is 121 Å². The van der Waals surface area contributed by atoms with E-state index in [0.717, 1.165) is 16.7 Å². The minimum absolute atomic E-state index is 0.0746. The molecule has 2 heterocycles. The smallest absolute Gasteiger partial charge is 0.144 e. The van der Waals surface area contributed by atoms with Gasteiger partial charge in [0.2, 0.25) is 0 Å². The van der Waals surface area contributed by atoms with E-state index in [9.17, 15) is 5.11 Å². The summed E-state index contributed by atoms with van der Waals surface area (Å²) in [6, 6.07) is 9.30. The van der Waals surface area contributed by atoms with Crippen LogP contribution in [0, 0.1) is 6.92 Å². The lowest BCUT2D eigenvalue weighted by Crippen LogP contribution is -1.96. The quantitative estimate of drug-likeness (QED) is 0.761. The van der Waals surface area contributed by atoms with Crippen molar-refractivity contribution in [3.63, 3.8) is 0 Å². The number of anilines is 1. The Hall–Kier alpha value is -2.04. The Morgan fingerprint density at radius 2 is 2.15 bits per heavy atom. The first-order chi connectivity index (χ1) is 9.61. The average Bonchev–Trinajstić information content (AvgIpc) is 2.79. The van der Waals surface area contributed by atoms with Gasteiger partial charge >= 0.3 is 0 Å². The first-order valence-corrected chi connectivity index (χ1v) is 6.62. The molecule has 2 aromatic heterocycles. The van der Waals surface area contributed by atoms with E-state index in [1.807, 2.05) is 43.5 Å². The van der Waals surface area contributed by atoms with Gasteiger partial charge in [-0.05, 0) is 30.7 Å². The zero-order valence-electron chi connectivity index (χ0n) is 11.0. The zero-order chi connectivity index (χ0) is 14.3. The van der Waals surface area contributed by atoms with Gasteiger partial charge in [-0.1, -0.05) is 23.7 Å². The molecule has 3 N–H and O–H groups in total. The molecule has 0 fully saturated rings. The van der Waals surface area contributed by atoms with Crippen LogP contribution in [0.25, 0.3) is 16.9 Å². The topological polar surface area (TPSA) is 63.5 Å². The highest BCUT2D eigenvalue weighted by molar-refractivity contribution is 6.30. The van der Waals surface area contributed by atoms with Crippen molar-refractivity contribution in [3.8, 4) is 11.3 Å². The van der Waals surface area contributed by atoms with Gasteiger partial charge in [-0.25, -0.2) is 4.98 Å². The van der Waals surface area contributed by atoms with Crippen LogP contribution in [0.1, 0.15) is 11.1 Å². The summed E-state index contributed by atoms with van der Waals surface area (Å²) >= 11 is 6.06. The Morgan fingerprint density at radius 1 is 1.35 bits per heavy atom. The molecule has 0 spiro atoms. The predicted octanol–water partition coefficient (Wildman–Crippen LogP) is 3.04. The van der Waals surface area contributed by atoms with Crippen LogP contribution in [0.15, 0.2) is 36.5 Å².